The number of nitrogens with zero attached hydrogens (tertiary/aromatic N) is 1. The van der Waals surface area contributed by atoms with Crippen LogP contribution in [-0.2, 0) is 12.7 Å². The summed E-state index contributed by atoms with van der Waals surface area (Å²) >= 11 is 0. The van der Waals surface area contributed by atoms with Crippen molar-refractivity contribution in [1.29, 1.82) is 0 Å². The van der Waals surface area contributed by atoms with Crippen molar-refractivity contribution in [2.24, 2.45) is 17.6 Å². The van der Waals surface area contributed by atoms with Gasteiger partial charge in [-0.3, -0.25) is 4.90 Å². The van der Waals surface area contributed by atoms with E-state index in [-0.39, 0.29) is 0 Å². The maximum atomic E-state index is 12.7. The third-order valence-corrected chi connectivity index (χ3v) is 4.16. The maximum absolute atomic E-state index is 12.7. The zero-order valence-corrected chi connectivity index (χ0v) is 11.7. The molecule has 20 heavy (non-hydrogen) atoms. The molecule has 2 rings (SSSR count). The number of nitrogens with two attached hydrogens (primary N) is 1. The average molecular weight is 286 g/mol. The van der Waals surface area contributed by atoms with Crippen LogP contribution in [0.15, 0.2) is 24.3 Å². The van der Waals surface area contributed by atoms with Crippen LogP contribution in [0.3, 0.4) is 0 Å². The van der Waals surface area contributed by atoms with Gasteiger partial charge in [-0.25, -0.2) is 0 Å². The van der Waals surface area contributed by atoms with Gasteiger partial charge in [0, 0.05) is 13.1 Å². The van der Waals surface area contributed by atoms with Gasteiger partial charge in [0.25, 0.3) is 0 Å². The summed E-state index contributed by atoms with van der Waals surface area (Å²) in [5, 5.41) is 0. The summed E-state index contributed by atoms with van der Waals surface area (Å²) in [4.78, 5) is 2.20. The van der Waals surface area contributed by atoms with Gasteiger partial charge in [-0.05, 0) is 43.0 Å². The maximum Gasteiger partial charge on any atom is 0.416 e. The Kier molecular flexibility index (Phi) is 4.70. The van der Waals surface area contributed by atoms with E-state index >= 15 is 0 Å². The van der Waals surface area contributed by atoms with Crippen molar-refractivity contribution in [1.82, 2.24) is 4.90 Å². The molecule has 1 aromatic rings. The normalized spacial score (nSPS) is 24.9. The average Bonchev–Trinajstić information content (AvgIpc) is 2.40. The fourth-order valence-electron chi connectivity index (χ4n) is 2.78. The van der Waals surface area contributed by atoms with Gasteiger partial charge in [-0.15, -0.1) is 0 Å². The summed E-state index contributed by atoms with van der Waals surface area (Å²) < 4.78 is 38.1. The lowest BCUT2D eigenvalue weighted by Gasteiger charge is -2.36. The van der Waals surface area contributed by atoms with Crippen molar-refractivity contribution in [3.63, 3.8) is 0 Å². The lowest BCUT2D eigenvalue weighted by Crippen LogP contribution is -2.42. The topological polar surface area (TPSA) is 29.3 Å². The van der Waals surface area contributed by atoms with Crippen molar-refractivity contribution in [2.75, 3.05) is 19.6 Å². The molecule has 1 aromatic carbocycles. The van der Waals surface area contributed by atoms with Gasteiger partial charge in [-0.1, -0.05) is 25.1 Å². The second-order valence-corrected chi connectivity index (χ2v) is 5.69. The summed E-state index contributed by atoms with van der Waals surface area (Å²) in [5.41, 5.74) is 5.89. The highest BCUT2D eigenvalue weighted by molar-refractivity contribution is 5.25. The molecule has 2 unspecified atom stereocenters. The molecule has 2 nitrogen and oxygen atoms in total. The standard InChI is InChI=1S/C15H21F3N2/c1-11-5-6-20(10-13(11)8-19)9-12-3-2-4-14(7-12)15(16,17)18/h2-4,7,11,13H,5-6,8-10,19H2,1H3. The van der Waals surface area contributed by atoms with Crippen LogP contribution in [0.4, 0.5) is 13.2 Å². The smallest absolute Gasteiger partial charge is 0.330 e. The highest BCUT2D eigenvalue weighted by Gasteiger charge is 2.31. The molecule has 0 aromatic heterocycles. The van der Waals surface area contributed by atoms with E-state index < -0.39 is 11.7 Å². The molecule has 2 atom stereocenters. The number of piperidine rings is 1. The third-order valence-electron chi connectivity index (χ3n) is 4.16. The second kappa shape index (κ2) is 6.14. The first-order valence-corrected chi connectivity index (χ1v) is 6.98. The Morgan fingerprint density at radius 2 is 2.10 bits per heavy atom. The van der Waals surface area contributed by atoms with Gasteiger partial charge in [0.1, 0.15) is 0 Å². The molecule has 0 saturated carbocycles. The SMILES string of the molecule is CC1CCN(Cc2cccc(C(F)(F)F)c2)CC1CN. The minimum Gasteiger partial charge on any atom is -0.330 e. The Balaban J connectivity index is 2.03. The van der Waals surface area contributed by atoms with Crippen molar-refractivity contribution in [2.45, 2.75) is 26.1 Å². The number of hydrogen-bond donors (Lipinski definition) is 1. The van der Waals surface area contributed by atoms with E-state index in [1.54, 1.807) is 6.07 Å². The first-order valence-electron chi connectivity index (χ1n) is 6.98. The molecule has 0 radical (unpaired) electrons. The van der Waals surface area contributed by atoms with E-state index in [4.69, 9.17) is 5.73 Å². The molecule has 112 valence electrons. The molecule has 0 bridgehead atoms. The Bertz CT molecular complexity index is 445. The Morgan fingerprint density at radius 3 is 2.75 bits per heavy atom. The van der Waals surface area contributed by atoms with Crippen molar-refractivity contribution >= 4 is 0 Å². The van der Waals surface area contributed by atoms with E-state index in [2.05, 4.69) is 11.8 Å². The molecule has 1 aliphatic heterocycles. The van der Waals surface area contributed by atoms with Crippen LogP contribution < -0.4 is 5.73 Å². The lowest BCUT2D eigenvalue weighted by molar-refractivity contribution is -0.137. The van der Waals surface area contributed by atoms with E-state index in [0.29, 0.717) is 30.5 Å². The minimum absolute atomic E-state index is 0.439. The lowest BCUT2D eigenvalue weighted by atomic mass is 9.87. The van der Waals surface area contributed by atoms with E-state index in [9.17, 15) is 13.2 Å². The van der Waals surface area contributed by atoms with Crippen LogP contribution in [0.5, 0.6) is 0 Å². The first-order chi connectivity index (χ1) is 9.40. The number of hydrogen-bond acceptors (Lipinski definition) is 2. The predicted octanol–water partition coefficient (Wildman–Crippen LogP) is 3.12. The number of alkyl halides is 3. The Morgan fingerprint density at radius 1 is 1.35 bits per heavy atom. The molecule has 1 saturated heterocycles. The molecule has 0 amide bonds. The molecule has 1 heterocycles. The summed E-state index contributed by atoms with van der Waals surface area (Å²) in [6, 6.07) is 5.59. The Labute approximate surface area is 117 Å². The van der Waals surface area contributed by atoms with Crippen molar-refractivity contribution in [3.05, 3.63) is 35.4 Å². The van der Waals surface area contributed by atoms with Crippen molar-refractivity contribution in [3.8, 4) is 0 Å². The van der Waals surface area contributed by atoms with E-state index in [1.807, 2.05) is 0 Å². The van der Waals surface area contributed by atoms with Gasteiger partial charge in [0.15, 0.2) is 0 Å². The summed E-state index contributed by atoms with van der Waals surface area (Å²) in [5.74, 6) is 1.03. The molecule has 0 spiro atoms. The number of benzene rings is 1. The van der Waals surface area contributed by atoms with Crippen LogP contribution in [0.25, 0.3) is 0 Å². The van der Waals surface area contributed by atoms with Gasteiger partial charge >= 0.3 is 6.18 Å². The third kappa shape index (κ3) is 3.73. The van der Waals surface area contributed by atoms with Gasteiger partial charge < -0.3 is 5.73 Å². The zero-order valence-electron chi connectivity index (χ0n) is 11.7. The summed E-state index contributed by atoms with van der Waals surface area (Å²) in [6.45, 7) is 5.19. The molecule has 1 fully saturated rings. The zero-order chi connectivity index (χ0) is 14.8. The second-order valence-electron chi connectivity index (χ2n) is 5.69. The quantitative estimate of drug-likeness (QED) is 0.925. The fraction of sp³-hybridized carbons (Fsp3) is 0.600. The molecule has 5 heteroatoms. The molecule has 2 N–H and O–H groups in total. The van der Waals surface area contributed by atoms with Gasteiger partial charge in [-0.2, -0.15) is 13.2 Å². The largest absolute Gasteiger partial charge is 0.416 e. The predicted molar refractivity (Wildman–Crippen MR) is 73.0 cm³/mol. The molecular formula is C15H21F3N2. The van der Waals surface area contributed by atoms with Gasteiger partial charge in [0.05, 0.1) is 5.56 Å². The van der Waals surface area contributed by atoms with Crippen LogP contribution in [-0.4, -0.2) is 24.5 Å². The van der Waals surface area contributed by atoms with Crippen LogP contribution in [0.2, 0.25) is 0 Å². The summed E-state index contributed by atoms with van der Waals surface area (Å²) in [7, 11) is 0. The molecule has 0 aliphatic carbocycles. The van der Waals surface area contributed by atoms with Crippen LogP contribution in [0, 0.1) is 11.8 Å². The van der Waals surface area contributed by atoms with E-state index in [0.717, 1.165) is 25.6 Å². The van der Waals surface area contributed by atoms with E-state index in [1.165, 1.54) is 12.1 Å². The monoisotopic (exact) mass is 286 g/mol. The Hall–Kier alpha value is -1.07. The highest BCUT2D eigenvalue weighted by Crippen LogP contribution is 2.30. The fourth-order valence-corrected chi connectivity index (χ4v) is 2.78. The number of rotatable bonds is 3. The highest BCUT2D eigenvalue weighted by atomic mass is 19.4. The van der Waals surface area contributed by atoms with Crippen LogP contribution in [0.1, 0.15) is 24.5 Å². The minimum atomic E-state index is -4.27. The van der Waals surface area contributed by atoms with Crippen molar-refractivity contribution < 1.29 is 13.2 Å². The molecular weight excluding hydrogens is 265 g/mol. The van der Waals surface area contributed by atoms with Crippen LogP contribution >= 0.6 is 0 Å². The van der Waals surface area contributed by atoms with Gasteiger partial charge in [0.2, 0.25) is 0 Å². The molecule has 1 aliphatic rings. The summed E-state index contributed by atoms with van der Waals surface area (Å²) in [6.07, 6.45) is -3.22. The first kappa shape index (κ1) is 15.3. The number of halogens is 3. The number of likely N-dealkylation sites (tertiary alicyclic amines) is 1.